The van der Waals surface area contributed by atoms with Crippen LogP contribution < -0.4 is 4.72 Å². The Morgan fingerprint density at radius 1 is 1.32 bits per heavy atom. The Hall–Kier alpha value is -1.68. The van der Waals surface area contributed by atoms with Crippen molar-refractivity contribution < 1.29 is 31.1 Å². The molecule has 1 rings (SSSR count). The lowest BCUT2D eigenvalue weighted by atomic mass is 10.2. The highest BCUT2D eigenvalue weighted by Gasteiger charge is 2.20. The van der Waals surface area contributed by atoms with E-state index in [0.717, 1.165) is 18.2 Å². The summed E-state index contributed by atoms with van der Waals surface area (Å²) in [6.07, 6.45) is 0.705. The Bertz CT molecular complexity index is 710. The molecule has 106 valence electrons. The van der Waals surface area contributed by atoms with Gasteiger partial charge in [0.15, 0.2) is 14.9 Å². The lowest BCUT2D eigenvalue weighted by molar-refractivity contribution is 0.0697. The molecule has 0 heterocycles. The van der Waals surface area contributed by atoms with Crippen LogP contribution in [-0.4, -0.2) is 39.3 Å². The largest absolute Gasteiger partial charge is 0.478 e. The molecule has 0 saturated heterocycles. The number of anilines is 1. The number of nitrogens with one attached hydrogen (secondary N) is 1. The number of sulfone groups is 1. The van der Waals surface area contributed by atoms with Gasteiger partial charge in [-0.15, -0.1) is 0 Å². The van der Waals surface area contributed by atoms with Crippen molar-refractivity contribution in [3.8, 4) is 0 Å². The summed E-state index contributed by atoms with van der Waals surface area (Å²) in [5.74, 6) is -2.38. The summed E-state index contributed by atoms with van der Waals surface area (Å²) in [6, 6.07) is 2.48. The van der Waals surface area contributed by atoms with Crippen molar-refractivity contribution >= 4 is 31.5 Å². The predicted molar refractivity (Wildman–Crippen MR) is 65.6 cm³/mol. The molecule has 0 radical (unpaired) electrons. The highest BCUT2D eigenvalue weighted by atomic mass is 32.3. The average Bonchev–Trinajstić information content (AvgIpc) is 2.16. The van der Waals surface area contributed by atoms with Crippen molar-refractivity contribution in [3.63, 3.8) is 0 Å². The van der Waals surface area contributed by atoms with E-state index in [0.29, 0.717) is 6.26 Å². The summed E-state index contributed by atoms with van der Waals surface area (Å²) >= 11 is 0. The fourth-order valence-corrected chi connectivity index (χ4v) is 4.20. The van der Waals surface area contributed by atoms with E-state index < -0.39 is 42.4 Å². The molecular weight excluding hydrogens is 301 g/mol. The van der Waals surface area contributed by atoms with Crippen molar-refractivity contribution in [1.29, 1.82) is 0 Å². The van der Waals surface area contributed by atoms with Crippen molar-refractivity contribution in [2.24, 2.45) is 0 Å². The number of hydrogen-bond acceptors (Lipinski definition) is 5. The first kappa shape index (κ1) is 15.4. The Morgan fingerprint density at radius 3 is 2.37 bits per heavy atom. The second kappa shape index (κ2) is 5.13. The van der Waals surface area contributed by atoms with Crippen LogP contribution in [0.5, 0.6) is 0 Å². The first-order valence-corrected chi connectivity index (χ1v) is 8.42. The van der Waals surface area contributed by atoms with Crippen molar-refractivity contribution in [1.82, 2.24) is 0 Å². The quantitative estimate of drug-likeness (QED) is 0.806. The first-order valence-electron chi connectivity index (χ1n) is 4.71. The molecule has 0 aromatic heterocycles. The highest BCUT2D eigenvalue weighted by Crippen LogP contribution is 2.18. The van der Waals surface area contributed by atoms with Gasteiger partial charge in [-0.05, 0) is 18.2 Å². The second-order valence-corrected chi connectivity index (χ2v) is 7.99. The van der Waals surface area contributed by atoms with Crippen molar-refractivity contribution in [2.45, 2.75) is 0 Å². The van der Waals surface area contributed by atoms with Crippen molar-refractivity contribution in [3.05, 3.63) is 29.6 Å². The van der Waals surface area contributed by atoms with Crippen LogP contribution in [0.1, 0.15) is 10.4 Å². The molecule has 0 aliphatic rings. The Morgan fingerprint density at radius 2 is 1.89 bits per heavy atom. The number of hydrogen-bond donors (Lipinski definition) is 2. The van der Waals surface area contributed by atoms with Gasteiger partial charge in [-0.1, -0.05) is 0 Å². The van der Waals surface area contributed by atoms with Crippen LogP contribution in [0.15, 0.2) is 18.2 Å². The third-order valence-corrected chi connectivity index (χ3v) is 5.33. The van der Waals surface area contributed by atoms with Crippen LogP contribution in [0.25, 0.3) is 0 Å². The molecule has 0 atom stereocenters. The number of rotatable bonds is 5. The molecule has 0 saturated carbocycles. The number of carboxylic acids is 1. The lowest BCUT2D eigenvalue weighted by Crippen LogP contribution is -2.22. The molecule has 0 fully saturated rings. The monoisotopic (exact) mass is 311 g/mol. The van der Waals surface area contributed by atoms with E-state index in [2.05, 4.69) is 0 Å². The molecule has 0 unspecified atom stereocenters. The third-order valence-electron chi connectivity index (χ3n) is 1.85. The van der Waals surface area contributed by atoms with E-state index in [1.165, 1.54) is 0 Å². The zero-order valence-corrected chi connectivity index (χ0v) is 11.3. The Balaban J connectivity index is 3.12. The summed E-state index contributed by atoms with van der Waals surface area (Å²) in [5.41, 5.74) is -0.956. The summed E-state index contributed by atoms with van der Waals surface area (Å²) in [6.45, 7) is 0. The minimum atomic E-state index is -4.33. The van der Waals surface area contributed by atoms with Crippen molar-refractivity contribution in [2.75, 3.05) is 16.1 Å². The van der Waals surface area contributed by atoms with Crippen LogP contribution in [0.2, 0.25) is 0 Å². The predicted octanol–water partition coefficient (Wildman–Crippen LogP) is 0.268. The van der Waals surface area contributed by atoms with Gasteiger partial charge in [0.25, 0.3) is 0 Å². The number of aromatic carboxylic acids is 1. The molecule has 7 nitrogen and oxygen atoms in total. The number of benzene rings is 1. The number of carbonyl (C=O) groups is 1. The molecule has 10 heteroatoms. The van der Waals surface area contributed by atoms with Gasteiger partial charge in [0.1, 0.15) is 5.82 Å². The number of sulfonamides is 1. The van der Waals surface area contributed by atoms with Crippen LogP contribution in [0.4, 0.5) is 10.1 Å². The summed E-state index contributed by atoms with van der Waals surface area (Å²) in [7, 11) is -8.16. The van der Waals surface area contributed by atoms with E-state index in [-0.39, 0.29) is 5.56 Å². The van der Waals surface area contributed by atoms with Crippen LogP contribution >= 0.6 is 0 Å². The minimum absolute atomic E-state index is 0.335. The fraction of sp³-hybridized carbons (Fsp3) is 0.222. The minimum Gasteiger partial charge on any atom is -0.478 e. The summed E-state index contributed by atoms with van der Waals surface area (Å²) in [4.78, 5) is 10.7. The molecule has 0 aliphatic heterocycles. The Kier molecular flexibility index (Phi) is 4.15. The first-order chi connectivity index (χ1) is 8.50. The van der Waals surface area contributed by atoms with Gasteiger partial charge in [-0.3, -0.25) is 4.72 Å². The van der Waals surface area contributed by atoms with Gasteiger partial charge in [-0.2, -0.15) is 0 Å². The molecule has 0 aliphatic carbocycles. The Labute approximate surface area is 109 Å². The molecular formula is C9H10FNO6S2. The number of halogens is 1. The molecule has 19 heavy (non-hydrogen) atoms. The average molecular weight is 311 g/mol. The molecule has 1 aromatic carbocycles. The molecule has 0 amide bonds. The summed E-state index contributed by atoms with van der Waals surface area (Å²) in [5, 5.41) is 7.46. The third kappa shape index (κ3) is 4.83. The van der Waals surface area contributed by atoms with Gasteiger partial charge in [-0.25, -0.2) is 26.0 Å². The van der Waals surface area contributed by atoms with Gasteiger partial charge < -0.3 is 5.11 Å². The molecule has 2 N–H and O–H groups in total. The van der Waals surface area contributed by atoms with E-state index in [1.54, 1.807) is 4.72 Å². The smallest absolute Gasteiger partial charge is 0.335 e. The standard InChI is InChI=1S/C9H10FNO6S2/c1-18(14,15)5-19(16,17)11-8-4-6(9(12)13)2-3-7(8)10/h2-4,11H,5H2,1H3,(H,12,13). The topological polar surface area (TPSA) is 118 Å². The van der Waals surface area contributed by atoms with Gasteiger partial charge in [0, 0.05) is 6.26 Å². The maximum atomic E-state index is 13.3. The number of carboxylic acid groups (broad SMARTS) is 1. The molecule has 0 spiro atoms. The van der Waals surface area contributed by atoms with Gasteiger partial charge >= 0.3 is 5.97 Å². The van der Waals surface area contributed by atoms with Gasteiger partial charge in [0.2, 0.25) is 10.0 Å². The normalized spacial score (nSPS) is 12.1. The SMILES string of the molecule is CS(=O)(=O)CS(=O)(=O)Nc1cc(C(=O)O)ccc1F. The second-order valence-electron chi connectivity index (χ2n) is 3.76. The van der Waals surface area contributed by atoms with Gasteiger partial charge in [0.05, 0.1) is 11.3 Å². The van der Waals surface area contributed by atoms with Crippen LogP contribution in [-0.2, 0) is 19.9 Å². The van der Waals surface area contributed by atoms with Crippen LogP contribution in [0.3, 0.4) is 0 Å². The lowest BCUT2D eigenvalue weighted by Gasteiger charge is -2.08. The zero-order chi connectivity index (χ0) is 14.8. The summed E-state index contributed by atoms with van der Waals surface area (Å²) < 4.78 is 59.7. The van der Waals surface area contributed by atoms with E-state index >= 15 is 0 Å². The maximum Gasteiger partial charge on any atom is 0.335 e. The molecule has 0 bridgehead atoms. The van der Waals surface area contributed by atoms with Crippen LogP contribution in [0, 0.1) is 5.82 Å². The maximum absolute atomic E-state index is 13.3. The van der Waals surface area contributed by atoms with E-state index in [4.69, 9.17) is 5.11 Å². The fourth-order valence-electron chi connectivity index (χ4n) is 1.22. The zero-order valence-electron chi connectivity index (χ0n) is 9.62. The van der Waals surface area contributed by atoms with E-state index in [9.17, 15) is 26.0 Å². The highest BCUT2D eigenvalue weighted by molar-refractivity contribution is 8.08. The molecule has 1 aromatic rings. The van der Waals surface area contributed by atoms with E-state index in [1.807, 2.05) is 0 Å².